The fourth-order valence-corrected chi connectivity index (χ4v) is 13.9. The molecule has 9 heteroatoms. The lowest BCUT2D eigenvalue weighted by Gasteiger charge is -2.57. The zero-order valence-electron chi connectivity index (χ0n) is 24.6. The molecule has 2 saturated heterocycles. The van der Waals surface area contributed by atoms with Gasteiger partial charge in [-0.05, 0) is 24.2 Å². The maximum atomic E-state index is 11.6. The van der Waals surface area contributed by atoms with Gasteiger partial charge in [0.15, 0.2) is 8.32 Å². The van der Waals surface area contributed by atoms with Crippen molar-refractivity contribution in [3.05, 3.63) is 12.2 Å². The minimum atomic E-state index is -2.64. The van der Waals surface area contributed by atoms with Crippen molar-refractivity contribution in [3.63, 3.8) is 0 Å². The first-order valence-electron chi connectivity index (χ1n) is 13.7. The normalized spacial score (nSPS) is 29.0. The van der Waals surface area contributed by atoms with Gasteiger partial charge < -0.3 is 27.9 Å². The van der Waals surface area contributed by atoms with E-state index < -0.39 is 29.0 Å². The molecule has 7 nitrogen and oxygen atoms in total. The van der Waals surface area contributed by atoms with Gasteiger partial charge in [-0.25, -0.2) is 4.79 Å². The highest BCUT2D eigenvalue weighted by Gasteiger charge is 2.63. The minimum absolute atomic E-state index is 0.111. The third-order valence-electron chi connectivity index (χ3n) is 8.34. The standard InChI is InChI=1S/C27H52O7Si2/c1-12-35(13-2,14-3)33-22-17-21-23(18-31-36(34-21,26(5,6)7)27(8,9)10)32-25(22)19(4)20(28)15-16-24(29)30-11/h15-16,19-23,25,28H,12-14,17-18H2,1-11H3/b16-15+/t19-,20+,21-,22?,23-,25+/m1/s1. The number of fused-ring (bicyclic) bond motifs is 1. The molecule has 0 spiro atoms. The molecule has 2 heterocycles. The fourth-order valence-electron chi connectivity index (χ4n) is 6.03. The van der Waals surface area contributed by atoms with Gasteiger partial charge in [0.05, 0.1) is 38.1 Å². The molecule has 6 atom stereocenters. The molecule has 0 aromatic carbocycles. The van der Waals surface area contributed by atoms with E-state index in [-0.39, 0.29) is 40.4 Å². The van der Waals surface area contributed by atoms with Crippen molar-refractivity contribution in [3.8, 4) is 0 Å². The highest BCUT2D eigenvalue weighted by Crippen LogP contribution is 2.55. The van der Waals surface area contributed by atoms with Gasteiger partial charge >= 0.3 is 14.5 Å². The zero-order chi connectivity index (χ0) is 27.5. The van der Waals surface area contributed by atoms with Crippen LogP contribution in [0.25, 0.3) is 0 Å². The molecule has 2 rings (SSSR count). The maximum absolute atomic E-state index is 11.6. The lowest BCUT2D eigenvalue weighted by atomic mass is 9.87. The van der Waals surface area contributed by atoms with Gasteiger partial charge in [-0.15, -0.1) is 0 Å². The zero-order valence-corrected chi connectivity index (χ0v) is 26.6. The highest BCUT2D eigenvalue weighted by molar-refractivity contribution is 6.74. The van der Waals surface area contributed by atoms with Crippen LogP contribution >= 0.6 is 0 Å². The summed E-state index contributed by atoms with van der Waals surface area (Å²) in [5, 5.41) is 10.7. The number of hydrogen-bond donors (Lipinski definition) is 1. The lowest BCUT2D eigenvalue weighted by Crippen LogP contribution is -2.68. The van der Waals surface area contributed by atoms with Crippen molar-refractivity contribution in [1.82, 2.24) is 0 Å². The smallest absolute Gasteiger partial charge is 0.349 e. The first-order valence-corrected chi connectivity index (χ1v) is 18.0. The summed E-state index contributed by atoms with van der Waals surface area (Å²) in [6.07, 6.45) is 1.72. The van der Waals surface area contributed by atoms with Gasteiger partial charge in [-0.3, -0.25) is 0 Å². The van der Waals surface area contributed by atoms with Crippen LogP contribution in [0.1, 0.15) is 75.7 Å². The second-order valence-electron chi connectivity index (χ2n) is 12.6. The molecule has 2 aliphatic heterocycles. The molecule has 210 valence electrons. The van der Waals surface area contributed by atoms with E-state index in [2.05, 4.69) is 67.1 Å². The number of carbonyl (C=O) groups excluding carboxylic acids is 1. The molecule has 2 aliphatic rings. The van der Waals surface area contributed by atoms with E-state index in [0.29, 0.717) is 13.0 Å². The molecule has 1 unspecified atom stereocenters. The van der Waals surface area contributed by atoms with E-state index in [0.717, 1.165) is 18.1 Å². The Morgan fingerprint density at radius 2 is 1.64 bits per heavy atom. The Labute approximate surface area is 221 Å². The Bertz CT molecular complexity index is 732. The number of hydrogen-bond acceptors (Lipinski definition) is 7. The van der Waals surface area contributed by atoms with Crippen LogP contribution in [0.15, 0.2) is 12.2 Å². The Kier molecular flexibility index (Phi) is 10.6. The Morgan fingerprint density at radius 3 is 2.11 bits per heavy atom. The van der Waals surface area contributed by atoms with E-state index in [9.17, 15) is 9.90 Å². The SMILES string of the molecule is CC[Si](CC)(CC)OC1C[C@H]2O[Si](C(C)(C)C)(C(C)(C)C)OC[C@H]2O[C@H]1[C@H](C)[C@@H](O)/C=C/C(=O)OC. The van der Waals surface area contributed by atoms with Gasteiger partial charge in [-0.1, -0.05) is 69.2 Å². The summed E-state index contributed by atoms with van der Waals surface area (Å²) in [5.41, 5.74) is 0. The number of methoxy groups -OCH3 is 1. The topological polar surface area (TPSA) is 83.5 Å². The van der Waals surface area contributed by atoms with Crippen molar-refractivity contribution in [2.75, 3.05) is 13.7 Å². The van der Waals surface area contributed by atoms with Gasteiger partial charge in [-0.2, -0.15) is 0 Å². The molecule has 0 radical (unpaired) electrons. The van der Waals surface area contributed by atoms with Gasteiger partial charge in [0.25, 0.3) is 0 Å². The minimum Gasteiger partial charge on any atom is -0.466 e. The molecule has 0 bridgehead atoms. The molecular weight excluding hydrogens is 492 g/mol. The van der Waals surface area contributed by atoms with Gasteiger partial charge in [0, 0.05) is 28.5 Å². The van der Waals surface area contributed by atoms with E-state index >= 15 is 0 Å². The molecule has 2 fully saturated rings. The summed E-state index contributed by atoms with van der Waals surface area (Å²) < 4.78 is 32.1. The second kappa shape index (κ2) is 12.1. The van der Waals surface area contributed by atoms with Crippen LogP contribution < -0.4 is 0 Å². The third-order valence-corrected chi connectivity index (χ3v) is 18.2. The van der Waals surface area contributed by atoms with Crippen molar-refractivity contribution < 1.29 is 32.7 Å². The summed E-state index contributed by atoms with van der Waals surface area (Å²) in [6, 6.07) is 3.09. The summed E-state index contributed by atoms with van der Waals surface area (Å²) in [4.78, 5) is 11.6. The Balaban J connectivity index is 2.40. The maximum Gasteiger partial charge on any atom is 0.349 e. The van der Waals surface area contributed by atoms with Crippen LogP contribution in [-0.4, -0.2) is 72.2 Å². The number of aliphatic hydroxyl groups excluding tert-OH is 1. The van der Waals surface area contributed by atoms with Crippen LogP contribution in [-0.2, 0) is 27.5 Å². The van der Waals surface area contributed by atoms with Crippen molar-refractivity contribution in [2.24, 2.45) is 5.92 Å². The average molecular weight is 545 g/mol. The van der Waals surface area contributed by atoms with Gasteiger partial charge in [0.2, 0.25) is 0 Å². The van der Waals surface area contributed by atoms with Crippen LogP contribution in [0.4, 0.5) is 0 Å². The fraction of sp³-hybridized carbons (Fsp3) is 0.889. The van der Waals surface area contributed by atoms with Crippen LogP contribution in [0.2, 0.25) is 28.2 Å². The summed E-state index contributed by atoms with van der Waals surface area (Å²) in [5.74, 6) is -0.781. The second-order valence-corrected chi connectivity index (χ2v) is 22.1. The lowest BCUT2D eigenvalue weighted by molar-refractivity contribution is -0.213. The number of ether oxygens (including phenoxy) is 2. The van der Waals surface area contributed by atoms with Gasteiger partial charge in [0.1, 0.15) is 6.10 Å². The number of aliphatic hydroxyl groups is 1. The number of esters is 1. The first kappa shape index (κ1) is 31.7. The molecule has 0 aromatic rings. The monoisotopic (exact) mass is 544 g/mol. The predicted molar refractivity (Wildman–Crippen MR) is 148 cm³/mol. The Morgan fingerprint density at radius 1 is 1.08 bits per heavy atom. The predicted octanol–water partition coefficient (Wildman–Crippen LogP) is 5.72. The number of rotatable bonds is 9. The van der Waals surface area contributed by atoms with E-state index in [1.807, 2.05) is 6.92 Å². The summed E-state index contributed by atoms with van der Waals surface area (Å²) in [7, 11) is -3.29. The Hall–Kier alpha value is -0.556. The molecular formula is C27H52O7Si2. The van der Waals surface area contributed by atoms with E-state index in [4.69, 9.17) is 18.0 Å². The molecule has 0 aliphatic carbocycles. The molecule has 0 saturated carbocycles. The number of carbonyl (C=O) groups is 1. The first-order chi connectivity index (χ1) is 16.6. The highest BCUT2D eigenvalue weighted by atomic mass is 28.4. The van der Waals surface area contributed by atoms with Crippen molar-refractivity contribution in [2.45, 2.75) is 134 Å². The van der Waals surface area contributed by atoms with Crippen LogP contribution in [0.3, 0.4) is 0 Å². The van der Waals surface area contributed by atoms with Crippen molar-refractivity contribution >= 4 is 22.8 Å². The molecule has 1 N–H and O–H groups in total. The molecule has 0 amide bonds. The van der Waals surface area contributed by atoms with E-state index in [1.54, 1.807) is 0 Å². The van der Waals surface area contributed by atoms with Crippen LogP contribution in [0.5, 0.6) is 0 Å². The largest absolute Gasteiger partial charge is 0.466 e. The van der Waals surface area contributed by atoms with E-state index in [1.165, 1.54) is 19.3 Å². The summed E-state index contributed by atoms with van der Waals surface area (Å²) in [6.45, 7) is 22.4. The quantitative estimate of drug-likeness (QED) is 0.226. The molecule has 36 heavy (non-hydrogen) atoms. The average Bonchev–Trinajstić information content (AvgIpc) is 2.82. The van der Waals surface area contributed by atoms with Crippen molar-refractivity contribution in [1.29, 1.82) is 0 Å². The third kappa shape index (κ3) is 6.53. The van der Waals surface area contributed by atoms with Crippen LogP contribution in [0, 0.1) is 5.92 Å². The molecule has 0 aromatic heterocycles. The summed E-state index contributed by atoms with van der Waals surface area (Å²) >= 11 is 0.